The standard InChI is InChI=1S/C20H20F3NO2/c21-20(22,23)17-8-6-14(7-9-17)10-16-11-18(24-12-16)19(25)26-13-15-4-2-1-3-5-15/h1-9,16,18,24H,10-13H2/t16?,18-/m1/s1. The van der Waals surface area contributed by atoms with E-state index in [-0.39, 0.29) is 24.5 Å². The quantitative estimate of drug-likeness (QED) is 0.817. The molecule has 1 fully saturated rings. The summed E-state index contributed by atoms with van der Waals surface area (Å²) >= 11 is 0. The van der Waals surface area contributed by atoms with E-state index in [2.05, 4.69) is 5.32 Å². The Bertz CT molecular complexity index is 729. The van der Waals surface area contributed by atoms with Gasteiger partial charge in [0.05, 0.1) is 5.56 Å². The van der Waals surface area contributed by atoms with Gasteiger partial charge in [-0.1, -0.05) is 42.5 Å². The third-order valence-electron chi connectivity index (χ3n) is 4.54. The molecule has 26 heavy (non-hydrogen) atoms. The summed E-state index contributed by atoms with van der Waals surface area (Å²) in [6, 6.07) is 14.3. The van der Waals surface area contributed by atoms with Gasteiger partial charge in [0, 0.05) is 0 Å². The van der Waals surface area contributed by atoms with Gasteiger partial charge in [-0.2, -0.15) is 13.2 Å². The van der Waals surface area contributed by atoms with E-state index in [9.17, 15) is 18.0 Å². The minimum Gasteiger partial charge on any atom is -0.460 e. The van der Waals surface area contributed by atoms with Crippen LogP contribution < -0.4 is 5.32 Å². The lowest BCUT2D eigenvalue weighted by molar-refractivity contribution is -0.147. The highest BCUT2D eigenvalue weighted by Crippen LogP contribution is 2.30. The number of rotatable bonds is 5. The highest BCUT2D eigenvalue weighted by Gasteiger charge is 2.32. The number of hydrogen-bond acceptors (Lipinski definition) is 3. The number of ether oxygens (including phenoxy) is 1. The molecule has 2 aromatic rings. The van der Waals surface area contributed by atoms with Gasteiger partial charge in [0.1, 0.15) is 12.6 Å². The molecule has 6 heteroatoms. The predicted octanol–water partition coefficient (Wildman–Crippen LogP) is 3.97. The van der Waals surface area contributed by atoms with E-state index in [1.54, 1.807) is 0 Å². The number of esters is 1. The van der Waals surface area contributed by atoms with E-state index >= 15 is 0 Å². The Balaban J connectivity index is 1.48. The largest absolute Gasteiger partial charge is 0.460 e. The average molecular weight is 363 g/mol. The van der Waals surface area contributed by atoms with Gasteiger partial charge in [-0.25, -0.2) is 0 Å². The maximum atomic E-state index is 12.6. The molecular weight excluding hydrogens is 343 g/mol. The third-order valence-corrected chi connectivity index (χ3v) is 4.54. The Hall–Kier alpha value is -2.34. The summed E-state index contributed by atoms with van der Waals surface area (Å²) in [6.45, 7) is 0.882. The Morgan fingerprint density at radius 2 is 1.73 bits per heavy atom. The van der Waals surface area contributed by atoms with Gasteiger partial charge >= 0.3 is 12.1 Å². The summed E-state index contributed by atoms with van der Waals surface area (Å²) in [4.78, 5) is 12.2. The summed E-state index contributed by atoms with van der Waals surface area (Å²) in [6.07, 6.45) is -3.07. The highest BCUT2D eigenvalue weighted by molar-refractivity contribution is 5.76. The second-order valence-corrected chi connectivity index (χ2v) is 6.55. The maximum absolute atomic E-state index is 12.6. The molecule has 0 amide bonds. The lowest BCUT2D eigenvalue weighted by atomic mass is 9.96. The summed E-state index contributed by atoms with van der Waals surface area (Å²) in [5.41, 5.74) is 1.12. The van der Waals surface area contributed by atoms with Crippen LogP contribution in [-0.4, -0.2) is 18.6 Å². The molecule has 1 saturated heterocycles. The van der Waals surface area contributed by atoms with Crippen molar-refractivity contribution in [1.29, 1.82) is 0 Å². The second kappa shape index (κ2) is 7.91. The number of carbonyl (C=O) groups excluding carboxylic acids is 1. The number of hydrogen-bond donors (Lipinski definition) is 1. The van der Waals surface area contributed by atoms with Crippen LogP contribution in [0.15, 0.2) is 54.6 Å². The van der Waals surface area contributed by atoms with E-state index in [1.807, 2.05) is 30.3 Å². The molecule has 3 rings (SSSR count). The fourth-order valence-corrected chi connectivity index (χ4v) is 3.14. The van der Waals surface area contributed by atoms with Crippen LogP contribution in [0.3, 0.4) is 0 Å². The van der Waals surface area contributed by atoms with Crippen molar-refractivity contribution in [3.05, 3.63) is 71.3 Å². The minimum atomic E-state index is -4.32. The fraction of sp³-hybridized carbons (Fsp3) is 0.350. The fourth-order valence-electron chi connectivity index (χ4n) is 3.14. The molecule has 1 unspecified atom stereocenters. The van der Waals surface area contributed by atoms with Crippen LogP contribution in [0.4, 0.5) is 13.2 Å². The molecule has 2 atom stereocenters. The van der Waals surface area contributed by atoms with Crippen molar-refractivity contribution in [3.63, 3.8) is 0 Å². The van der Waals surface area contributed by atoms with Crippen LogP contribution in [-0.2, 0) is 28.7 Å². The average Bonchev–Trinajstić information content (AvgIpc) is 3.09. The Morgan fingerprint density at radius 1 is 1.04 bits per heavy atom. The van der Waals surface area contributed by atoms with Gasteiger partial charge in [-0.05, 0) is 48.6 Å². The number of nitrogens with one attached hydrogen (secondary N) is 1. The van der Waals surface area contributed by atoms with Crippen LogP contribution in [0.2, 0.25) is 0 Å². The number of carbonyl (C=O) groups is 1. The molecule has 1 aliphatic heterocycles. The van der Waals surface area contributed by atoms with Gasteiger partial charge in [0.25, 0.3) is 0 Å². The molecule has 1 heterocycles. The van der Waals surface area contributed by atoms with E-state index in [0.717, 1.165) is 23.3 Å². The molecule has 1 N–H and O–H groups in total. The first kappa shape index (κ1) is 18.5. The van der Waals surface area contributed by atoms with Crippen molar-refractivity contribution in [2.75, 3.05) is 6.54 Å². The van der Waals surface area contributed by atoms with Crippen molar-refractivity contribution in [1.82, 2.24) is 5.32 Å². The van der Waals surface area contributed by atoms with Crippen LogP contribution in [0.25, 0.3) is 0 Å². The molecule has 138 valence electrons. The maximum Gasteiger partial charge on any atom is 0.416 e. The smallest absolute Gasteiger partial charge is 0.416 e. The molecule has 0 aliphatic carbocycles. The Morgan fingerprint density at radius 3 is 2.38 bits per heavy atom. The molecular formula is C20H20F3NO2. The lowest BCUT2D eigenvalue weighted by Crippen LogP contribution is -2.32. The van der Waals surface area contributed by atoms with Gasteiger partial charge in [0.15, 0.2) is 0 Å². The van der Waals surface area contributed by atoms with Gasteiger partial charge in [-0.3, -0.25) is 4.79 Å². The number of benzene rings is 2. The van der Waals surface area contributed by atoms with Crippen molar-refractivity contribution in [2.24, 2.45) is 5.92 Å². The summed E-state index contributed by atoms with van der Waals surface area (Å²) in [7, 11) is 0. The summed E-state index contributed by atoms with van der Waals surface area (Å²) < 4.78 is 43.1. The first-order valence-corrected chi connectivity index (χ1v) is 8.52. The van der Waals surface area contributed by atoms with E-state index in [4.69, 9.17) is 4.74 Å². The monoisotopic (exact) mass is 363 g/mol. The van der Waals surface area contributed by atoms with Crippen LogP contribution in [0.5, 0.6) is 0 Å². The lowest BCUT2D eigenvalue weighted by Gasteiger charge is -2.12. The molecule has 1 aliphatic rings. The van der Waals surface area contributed by atoms with Gasteiger partial charge in [-0.15, -0.1) is 0 Å². The predicted molar refractivity (Wildman–Crippen MR) is 91.3 cm³/mol. The molecule has 3 nitrogen and oxygen atoms in total. The Labute approximate surface area is 150 Å². The van der Waals surface area contributed by atoms with Crippen LogP contribution >= 0.6 is 0 Å². The summed E-state index contributed by atoms with van der Waals surface area (Å²) in [5.74, 6) is -0.0928. The summed E-state index contributed by atoms with van der Waals surface area (Å²) in [5, 5.41) is 3.14. The number of halogens is 3. The van der Waals surface area contributed by atoms with E-state index in [1.165, 1.54) is 12.1 Å². The van der Waals surface area contributed by atoms with Crippen molar-refractivity contribution in [3.8, 4) is 0 Å². The number of alkyl halides is 3. The van der Waals surface area contributed by atoms with Crippen LogP contribution in [0.1, 0.15) is 23.1 Å². The zero-order chi connectivity index (χ0) is 18.6. The van der Waals surface area contributed by atoms with Crippen LogP contribution in [0, 0.1) is 5.92 Å². The SMILES string of the molecule is O=C(OCc1ccccc1)[C@H]1CC(Cc2ccc(C(F)(F)F)cc2)CN1. The molecule has 0 aromatic heterocycles. The van der Waals surface area contributed by atoms with Gasteiger partial charge in [0.2, 0.25) is 0 Å². The Kier molecular flexibility index (Phi) is 5.61. The van der Waals surface area contributed by atoms with Crippen molar-refractivity contribution < 1.29 is 22.7 Å². The van der Waals surface area contributed by atoms with Crippen molar-refractivity contribution in [2.45, 2.75) is 31.7 Å². The third kappa shape index (κ3) is 4.85. The first-order valence-electron chi connectivity index (χ1n) is 8.52. The van der Waals surface area contributed by atoms with Crippen molar-refractivity contribution >= 4 is 5.97 Å². The zero-order valence-corrected chi connectivity index (χ0v) is 14.1. The van der Waals surface area contributed by atoms with E-state index in [0.29, 0.717) is 19.4 Å². The zero-order valence-electron chi connectivity index (χ0n) is 14.1. The normalized spacial score (nSPS) is 20.1. The molecule has 2 aromatic carbocycles. The van der Waals surface area contributed by atoms with Gasteiger partial charge < -0.3 is 10.1 Å². The van der Waals surface area contributed by atoms with E-state index < -0.39 is 11.7 Å². The first-order chi connectivity index (χ1) is 12.4. The second-order valence-electron chi connectivity index (χ2n) is 6.55. The minimum absolute atomic E-state index is 0.195. The molecule has 0 bridgehead atoms. The molecule has 0 radical (unpaired) electrons. The topological polar surface area (TPSA) is 38.3 Å². The highest BCUT2D eigenvalue weighted by atomic mass is 19.4. The molecule has 0 spiro atoms. The molecule has 0 saturated carbocycles.